The van der Waals surface area contributed by atoms with Gasteiger partial charge < -0.3 is 5.32 Å². The second kappa shape index (κ2) is 7.25. The van der Waals surface area contributed by atoms with E-state index in [1.165, 1.54) is 22.0 Å². The first-order valence-electron chi connectivity index (χ1n) is 7.15. The molecule has 2 nitrogen and oxygen atoms in total. The number of hydrogen-bond donors (Lipinski definition) is 1. The van der Waals surface area contributed by atoms with Crippen LogP contribution in [0.25, 0.3) is 0 Å². The third-order valence-electron chi connectivity index (χ3n) is 3.13. The Kier molecular flexibility index (Phi) is 6.30. The van der Waals surface area contributed by atoms with Crippen LogP contribution in [-0.2, 0) is 13.0 Å². The fourth-order valence-corrected chi connectivity index (χ4v) is 3.23. The van der Waals surface area contributed by atoms with E-state index >= 15 is 0 Å². The molecular formula is C15H28N2S. The Balaban J connectivity index is 2.77. The Hall–Kier alpha value is -0.410. The van der Waals surface area contributed by atoms with Crippen molar-refractivity contribution in [3.63, 3.8) is 0 Å². The van der Waals surface area contributed by atoms with Crippen LogP contribution in [0.1, 0.15) is 69.5 Å². The molecule has 0 aliphatic carbocycles. The van der Waals surface area contributed by atoms with Crippen LogP contribution in [0.5, 0.6) is 0 Å². The molecule has 104 valence electrons. The summed E-state index contributed by atoms with van der Waals surface area (Å²) in [6.45, 7) is 14.4. The number of rotatable bonds is 7. The molecule has 0 radical (unpaired) electrons. The average molecular weight is 268 g/mol. The van der Waals surface area contributed by atoms with Gasteiger partial charge in [0.15, 0.2) is 0 Å². The van der Waals surface area contributed by atoms with Gasteiger partial charge in [-0.25, -0.2) is 4.98 Å². The molecule has 0 aromatic carbocycles. The third-order valence-corrected chi connectivity index (χ3v) is 4.22. The molecule has 1 heterocycles. The first-order valence-corrected chi connectivity index (χ1v) is 7.97. The topological polar surface area (TPSA) is 24.9 Å². The highest BCUT2D eigenvalue weighted by molar-refractivity contribution is 7.11. The van der Waals surface area contributed by atoms with E-state index < -0.39 is 0 Å². The van der Waals surface area contributed by atoms with Gasteiger partial charge in [0, 0.05) is 23.9 Å². The van der Waals surface area contributed by atoms with E-state index in [0.29, 0.717) is 17.9 Å². The van der Waals surface area contributed by atoms with Crippen molar-refractivity contribution in [3.8, 4) is 0 Å². The van der Waals surface area contributed by atoms with Gasteiger partial charge in [0.05, 0.1) is 10.7 Å². The van der Waals surface area contributed by atoms with Crippen molar-refractivity contribution < 1.29 is 0 Å². The van der Waals surface area contributed by atoms with Crippen molar-refractivity contribution in [1.82, 2.24) is 10.3 Å². The van der Waals surface area contributed by atoms with Crippen molar-refractivity contribution >= 4 is 11.3 Å². The van der Waals surface area contributed by atoms with E-state index in [0.717, 1.165) is 13.0 Å². The van der Waals surface area contributed by atoms with Gasteiger partial charge in [0.2, 0.25) is 0 Å². The highest BCUT2D eigenvalue weighted by atomic mass is 32.1. The Bertz CT molecular complexity index is 355. The van der Waals surface area contributed by atoms with Gasteiger partial charge in [0.25, 0.3) is 0 Å². The zero-order chi connectivity index (χ0) is 13.7. The van der Waals surface area contributed by atoms with Crippen LogP contribution >= 0.6 is 11.3 Å². The van der Waals surface area contributed by atoms with E-state index in [-0.39, 0.29) is 0 Å². The summed E-state index contributed by atoms with van der Waals surface area (Å²) in [5, 5.41) is 4.88. The van der Waals surface area contributed by atoms with Crippen LogP contribution in [0.2, 0.25) is 0 Å². The predicted molar refractivity (Wildman–Crippen MR) is 81.3 cm³/mol. The molecule has 0 aliphatic heterocycles. The minimum atomic E-state index is 0.524. The first-order chi connectivity index (χ1) is 8.43. The molecule has 0 saturated carbocycles. The number of nitrogens with zero attached hydrogens (tertiary/aromatic N) is 1. The molecule has 0 spiro atoms. The molecule has 1 aromatic rings. The van der Waals surface area contributed by atoms with Crippen LogP contribution in [-0.4, -0.2) is 11.0 Å². The zero-order valence-corrected chi connectivity index (χ0v) is 13.5. The second-order valence-electron chi connectivity index (χ2n) is 5.86. The van der Waals surface area contributed by atoms with Crippen molar-refractivity contribution in [3.05, 3.63) is 15.6 Å². The molecule has 0 aliphatic rings. The van der Waals surface area contributed by atoms with Gasteiger partial charge in [-0.2, -0.15) is 0 Å². The Morgan fingerprint density at radius 1 is 1.17 bits per heavy atom. The lowest BCUT2D eigenvalue weighted by Gasteiger charge is -2.11. The molecular weight excluding hydrogens is 240 g/mol. The quantitative estimate of drug-likeness (QED) is 0.795. The molecule has 1 N–H and O–H groups in total. The summed E-state index contributed by atoms with van der Waals surface area (Å²) in [6, 6.07) is 0.584. The summed E-state index contributed by atoms with van der Waals surface area (Å²) >= 11 is 1.90. The fraction of sp³-hybridized carbons (Fsp3) is 0.800. The van der Waals surface area contributed by atoms with Gasteiger partial charge in [-0.1, -0.05) is 34.6 Å². The Morgan fingerprint density at radius 2 is 1.83 bits per heavy atom. The third kappa shape index (κ3) is 4.69. The van der Waals surface area contributed by atoms with Crippen molar-refractivity contribution in [2.45, 2.75) is 72.9 Å². The SMILES string of the molecule is CCC(C)NCc1sc(CC(C)C)nc1C(C)C. The fourth-order valence-electron chi connectivity index (χ4n) is 1.84. The van der Waals surface area contributed by atoms with E-state index in [9.17, 15) is 0 Å². The molecule has 0 amide bonds. The van der Waals surface area contributed by atoms with Gasteiger partial charge in [-0.05, 0) is 25.2 Å². The van der Waals surface area contributed by atoms with Crippen LogP contribution in [0.4, 0.5) is 0 Å². The predicted octanol–water partition coefficient (Wildman–Crippen LogP) is 4.35. The molecule has 0 saturated heterocycles. The number of hydrogen-bond acceptors (Lipinski definition) is 3. The second-order valence-corrected chi connectivity index (χ2v) is 7.03. The smallest absolute Gasteiger partial charge is 0.0934 e. The standard InChI is InChI=1S/C15H28N2S/c1-7-12(6)16-9-13-15(11(4)5)17-14(18-13)8-10(2)3/h10-12,16H,7-9H2,1-6H3. The number of thiazole rings is 1. The van der Waals surface area contributed by atoms with Gasteiger partial charge >= 0.3 is 0 Å². The summed E-state index contributed by atoms with van der Waals surface area (Å²) in [5.41, 5.74) is 1.30. The molecule has 1 aromatic heterocycles. The highest BCUT2D eigenvalue weighted by Gasteiger charge is 2.15. The van der Waals surface area contributed by atoms with Crippen LogP contribution in [0, 0.1) is 5.92 Å². The van der Waals surface area contributed by atoms with Crippen LogP contribution in [0.15, 0.2) is 0 Å². The zero-order valence-electron chi connectivity index (χ0n) is 12.7. The van der Waals surface area contributed by atoms with Gasteiger partial charge in [-0.15, -0.1) is 11.3 Å². The van der Waals surface area contributed by atoms with E-state index in [1.807, 2.05) is 11.3 Å². The van der Waals surface area contributed by atoms with Gasteiger partial charge in [-0.3, -0.25) is 0 Å². The van der Waals surface area contributed by atoms with Crippen molar-refractivity contribution in [2.75, 3.05) is 0 Å². The van der Waals surface area contributed by atoms with Crippen LogP contribution < -0.4 is 5.32 Å². The molecule has 0 fully saturated rings. The number of nitrogens with one attached hydrogen (secondary N) is 1. The molecule has 0 bridgehead atoms. The largest absolute Gasteiger partial charge is 0.309 e. The molecule has 3 heteroatoms. The van der Waals surface area contributed by atoms with Crippen LogP contribution in [0.3, 0.4) is 0 Å². The minimum Gasteiger partial charge on any atom is -0.309 e. The number of aromatic nitrogens is 1. The Labute approximate surface area is 116 Å². The summed E-state index contributed by atoms with van der Waals surface area (Å²) in [6.07, 6.45) is 2.28. The molecule has 1 unspecified atom stereocenters. The van der Waals surface area contributed by atoms with Crippen molar-refractivity contribution in [1.29, 1.82) is 0 Å². The average Bonchev–Trinajstić information content (AvgIpc) is 2.68. The Morgan fingerprint density at radius 3 is 2.33 bits per heavy atom. The van der Waals surface area contributed by atoms with Crippen molar-refractivity contribution in [2.24, 2.45) is 5.92 Å². The summed E-state index contributed by atoms with van der Waals surface area (Å²) in [4.78, 5) is 6.26. The highest BCUT2D eigenvalue weighted by Crippen LogP contribution is 2.26. The molecule has 18 heavy (non-hydrogen) atoms. The summed E-state index contributed by atoms with van der Waals surface area (Å²) in [5.74, 6) is 1.21. The normalized spacial score (nSPS) is 13.6. The summed E-state index contributed by atoms with van der Waals surface area (Å²) in [7, 11) is 0. The van der Waals surface area contributed by atoms with E-state index in [1.54, 1.807) is 0 Å². The molecule has 1 atom stereocenters. The monoisotopic (exact) mass is 268 g/mol. The lowest BCUT2D eigenvalue weighted by molar-refractivity contribution is 0.534. The van der Waals surface area contributed by atoms with E-state index in [2.05, 4.69) is 46.9 Å². The minimum absolute atomic E-state index is 0.524. The first kappa shape index (κ1) is 15.6. The molecule has 1 rings (SSSR count). The van der Waals surface area contributed by atoms with Gasteiger partial charge in [0.1, 0.15) is 0 Å². The maximum Gasteiger partial charge on any atom is 0.0934 e. The maximum absolute atomic E-state index is 4.83. The maximum atomic E-state index is 4.83. The summed E-state index contributed by atoms with van der Waals surface area (Å²) < 4.78 is 0. The van der Waals surface area contributed by atoms with E-state index in [4.69, 9.17) is 4.98 Å². The lowest BCUT2D eigenvalue weighted by atomic mass is 10.1. The lowest BCUT2D eigenvalue weighted by Crippen LogP contribution is -2.24.